The lowest BCUT2D eigenvalue weighted by atomic mass is 10.1. The summed E-state index contributed by atoms with van der Waals surface area (Å²) in [7, 11) is 0. The highest BCUT2D eigenvalue weighted by atomic mass is 16.3. The first-order chi connectivity index (χ1) is 3.83. The van der Waals surface area contributed by atoms with E-state index < -0.39 is 0 Å². The Morgan fingerprint density at radius 3 is 2.50 bits per heavy atom. The molecule has 1 saturated carbocycles. The van der Waals surface area contributed by atoms with Crippen LogP contribution in [0.5, 0.6) is 0 Å². The van der Waals surface area contributed by atoms with Gasteiger partial charge in [-0.05, 0) is 25.2 Å². The highest BCUT2D eigenvalue weighted by Crippen LogP contribution is 2.25. The van der Waals surface area contributed by atoms with Gasteiger partial charge in [-0.25, -0.2) is 0 Å². The van der Waals surface area contributed by atoms with Crippen molar-refractivity contribution in [3.05, 3.63) is 12.7 Å². The van der Waals surface area contributed by atoms with Gasteiger partial charge in [0.15, 0.2) is 0 Å². The molecule has 1 fully saturated rings. The molecule has 1 nitrogen and oxygen atoms in total. The third kappa shape index (κ3) is 1.10. The molecule has 0 aromatic heterocycles. The number of rotatable bonds is 1. The summed E-state index contributed by atoms with van der Waals surface area (Å²) in [6, 6.07) is 0. The molecule has 0 unspecified atom stereocenters. The van der Waals surface area contributed by atoms with Gasteiger partial charge in [-0.15, -0.1) is 6.58 Å². The van der Waals surface area contributed by atoms with Crippen LogP contribution in [-0.4, -0.2) is 11.2 Å². The zero-order chi connectivity index (χ0) is 5.98. The van der Waals surface area contributed by atoms with Crippen molar-refractivity contribution >= 4 is 0 Å². The largest absolute Gasteiger partial charge is 0.393 e. The molecule has 1 heteroatoms. The SMILES string of the molecule is C=C[C@H]1CC[C@@H](O)C1. The molecule has 8 heavy (non-hydrogen) atoms. The minimum atomic E-state index is -0.0435. The average Bonchev–Trinajstić information content (AvgIpc) is 2.14. The standard InChI is InChI=1S/C7H12O/c1-2-6-3-4-7(8)5-6/h2,6-8H,1,3-5H2/t6-,7+/m0/s1. The van der Waals surface area contributed by atoms with Gasteiger partial charge in [0.2, 0.25) is 0 Å². The summed E-state index contributed by atoms with van der Waals surface area (Å²) >= 11 is 0. The maximum Gasteiger partial charge on any atom is 0.0546 e. The molecule has 1 aliphatic carbocycles. The molecular weight excluding hydrogens is 100 g/mol. The Morgan fingerprint density at radius 2 is 2.25 bits per heavy atom. The normalized spacial score (nSPS) is 37.6. The fraction of sp³-hybridized carbons (Fsp3) is 0.714. The minimum Gasteiger partial charge on any atom is -0.393 e. The molecule has 0 heterocycles. The van der Waals surface area contributed by atoms with Gasteiger partial charge in [0, 0.05) is 0 Å². The molecule has 0 radical (unpaired) electrons. The van der Waals surface area contributed by atoms with Gasteiger partial charge >= 0.3 is 0 Å². The summed E-state index contributed by atoms with van der Waals surface area (Å²) in [5, 5.41) is 8.98. The van der Waals surface area contributed by atoms with Crippen LogP contribution in [0.4, 0.5) is 0 Å². The summed E-state index contributed by atoms with van der Waals surface area (Å²) in [6.45, 7) is 3.67. The molecule has 1 N–H and O–H groups in total. The zero-order valence-electron chi connectivity index (χ0n) is 5.01. The van der Waals surface area contributed by atoms with Crippen LogP contribution in [0.1, 0.15) is 19.3 Å². The van der Waals surface area contributed by atoms with E-state index in [1.54, 1.807) is 0 Å². The molecule has 0 saturated heterocycles. The third-order valence-corrected chi connectivity index (χ3v) is 1.78. The van der Waals surface area contributed by atoms with Crippen LogP contribution in [0.3, 0.4) is 0 Å². The van der Waals surface area contributed by atoms with Crippen molar-refractivity contribution in [3.63, 3.8) is 0 Å². The molecule has 0 spiro atoms. The highest BCUT2D eigenvalue weighted by molar-refractivity contribution is 4.86. The van der Waals surface area contributed by atoms with Crippen molar-refractivity contribution in [1.82, 2.24) is 0 Å². The number of hydrogen-bond acceptors (Lipinski definition) is 1. The van der Waals surface area contributed by atoms with E-state index in [0.717, 1.165) is 19.3 Å². The molecular formula is C7H12O. The average molecular weight is 112 g/mol. The van der Waals surface area contributed by atoms with Crippen molar-refractivity contribution in [1.29, 1.82) is 0 Å². The van der Waals surface area contributed by atoms with Gasteiger partial charge < -0.3 is 5.11 Å². The monoisotopic (exact) mass is 112 g/mol. The van der Waals surface area contributed by atoms with Crippen LogP contribution in [0.25, 0.3) is 0 Å². The molecule has 0 aliphatic heterocycles. The van der Waals surface area contributed by atoms with Crippen molar-refractivity contribution in [3.8, 4) is 0 Å². The molecule has 1 rings (SSSR count). The van der Waals surface area contributed by atoms with Gasteiger partial charge in [0.25, 0.3) is 0 Å². The second kappa shape index (κ2) is 2.31. The molecule has 2 atom stereocenters. The lowest BCUT2D eigenvalue weighted by Gasteiger charge is -1.97. The maximum absolute atomic E-state index is 8.98. The second-order valence-corrected chi connectivity index (χ2v) is 2.46. The van der Waals surface area contributed by atoms with Crippen molar-refractivity contribution in [2.45, 2.75) is 25.4 Å². The van der Waals surface area contributed by atoms with E-state index in [4.69, 9.17) is 5.11 Å². The number of aliphatic hydroxyl groups is 1. The van der Waals surface area contributed by atoms with Gasteiger partial charge in [0.1, 0.15) is 0 Å². The molecule has 0 amide bonds. The number of aliphatic hydroxyl groups excluding tert-OH is 1. The Morgan fingerprint density at radius 1 is 1.50 bits per heavy atom. The Bertz CT molecular complexity index is 88.4. The van der Waals surface area contributed by atoms with E-state index in [1.165, 1.54) is 0 Å². The maximum atomic E-state index is 8.98. The summed E-state index contributed by atoms with van der Waals surface area (Å²) in [4.78, 5) is 0. The van der Waals surface area contributed by atoms with Crippen molar-refractivity contribution in [2.24, 2.45) is 5.92 Å². The molecule has 46 valence electrons. The lowest BCUT2D eigenvalue weighted by Crippen LogP contribution is -1.97. The van der Waals surface area contributed by atoms with Gasteiger partial charge in [0.05, 0.1) is 6.10 Å². The van der Waals surface area contributed by atoms with E-state index in [0.29, 0.717) is 5.92 Å². The predicted molar refractivity (Wildman–Crippen MR) is 33.5 cm³/mol. The van der Waals surface area contributed by atoms with Crippen LogP contribution >= 0.6 is 0 Å². The smallest absolute Gasteiger partial charge is 0.0546 e. The predicted octanol–water partition coefficient (Wildman–Crippen LogP) is 1.33. The summed E-state index contributed by atoms with van der Waals surface area (Å²) in [6.07, 6.45) is 4.93. The zero-order valence-corrected chi connectivity index (χ0v) is 5.01. The van der Waals surface area contributed by atoms with E-state index in [1.807, 2.05) is 6.08 Å². The molecule has 0 aromatic rings. The number of allylic oxidation sites excluding steroid dienone is 1. The lowest BCUT2D eigenvalue weighted by molar-refractivity contribution is 0.180. The fourth-order valence-corrected chi connectivity index (χ4v) is 1.21. The Labute approximate surface area is 50.0 Å². The second-order valence-electron chi connectivity index (χ2n) is 2.46. The van der Waals surface area contributed by atoms with Crippen molar-refractivity contribution in [2.75, 3.05) is 0 Å². The number of hydrogen-bond donors (Lipinski definition) is 1. The topological polar surface area (TPSA) is 20.2 Å². The summed E-state index contributed by atoms with van der Waals surface area (Å²) in [5.41, 5.74) is 0. The summed E-state index contributed by atoms with van der Waals surface area (Å²) < 4.78 is 0. The van der Waals surface area contributed by atoms with E-state index in [2.05, 4.69) is 6.58 Å². The Balaban J connectivity index is 2.32. The third-order valence-electron chi connectivity index (χ3n) is 1.78. The van der Waals surface area contributed by atoms with E-state index in [-0.39, 0.29) is 6.10 Å². The van der Waals surface area contributed by atoms with Crippen LogP contribution in [0, 0.1) is 5.92 Å². The highest BCUT2D eigenvalue weighted by Gasteiger charge is 2.19. The van der Waals surface area contributed by atoms with Crippen LogP contribution in [-0.2, 0) is 0 Å². The van der Waals surface area contributed by atoms with Crippen LogP contribution < -0.4 is 0 Å². The fourth-order valence-electron chi connectivity index (χ4n) is 1.21. The van der Waals surface area contributed by atoms with Gasteiger partial charge in [-0.3, -0.25) is 0 Å². The summed E-state index contributed by atoms with van der Waals surface area (Å²) in [5.74, 6) is 0.588. The minimum absolute atomic E-state index is 0.0435. The first-order valence-electron chi connectivity index (χ1n) is 3.13. The molecule has 1 aliphatic rings. The first-order valence-corrected chi connectivity index (χ1v) is 3.13. The molecule has 0 bridgehead atoms. The Kier molecular flexibility index (Phi) is 1.69. The van der Waals surface area contributed by atoms with Gasteiger partial charge in [-0.2, -0.15) is 0 Å². The Hall–Kier alpha value is -0.300. The quantitative estimate of drug-likeness (QED) is 0.507. The first kappa shape index (κ1) is 5.83. The van der Waals surface area contributed by atoms with Gasteiger partial charge in [-0.1, -0.05) is 6.08 Å². The molecule has 0 aromatic carbocycles. The van der Waals surface area contributed by atoms with E-state index >= 15 is 0 Å². The van der Waals surface area contributed by atoms with Crippen LogP contribution in [0.15, 0.2) is 12.7 Å². The van der Waals surface area contributed by atoms with Crippen molar-refractivity contribution < 1.29 is 5.11 Å². The van der Waals surface area contributed by atoms with Crippen LogP contribution in [0.2, 0.25) is 0 Å². The van der Waals surface area contributed by atoms with E-state index in [9.17, 15) is 0 Å².